The van der Waals surface area contributed by atoms with E-state index in [1.54, 1.807) is 12.1 Å². The van der Waals surface area contributed by atoms with Crippen LogP contribution in [0.3, 0.4) is 0 Å². The highest BCUT2D eigenvalue weighted by molar-refractivity contribution is 7.89. The van der Waals surface area contributed by atoms with E-state index < -0.39 is 10.0 Å². The molecule has 1 saturated heterocycles. The molecule has 0 radical (unpaired) electrons. The summed E-state index contributed by atoms with van der Waals surface area (Å²) in [6.07, 6.45) is 2.63. The SMILES string of the molecule is NS(=O)(=O)c1ccc(NC(=O)CN2CCN(C3CC3)CC2)cc1. The van der Waals surface area contributed by atoms with Crippen LogP contribution >= 0.6 is 0 Å². The van der Waals surface area contributed by atoms with Crippen LogP contribution < -0.4 is 10.5 Å². The average molecular weight is 338 g/mol. The number of nitrogens with two attached hydrogens (primary N) is 1. The summed E-state index contributed by atoms with van der Waals surface area (Å²) in [5, 5.41) is 7.83. The Hall–Kier alpha value is -1.48. The molecule has 0 atom stereocenters. The van der Waals surface area contributed by atoms with Gasteiger partial charge in [0.15, 0.2) is 0 Å². The molecule has 7 nitrogen and oxygen atoms in total. The molecule has 8 heteroatoms. The Kier molecular flexibility index (Phi) is 4.67. The van der Waals surface area contributed by atoms with Gasteiger partial charge in [0.2, 0.25) is 15.9 Å². The number of rotatable bonds is 5. The first-order valence-corrected chi connectivity index (χ1v) is 9.35. The Balaban J connectivity index is 1.47. The zero-order valence-corrected chi connectivity index (χ0v) is 13.8. The number of carbonyl (C=O) groups is 1. The number of sulfonamides is 1. The third kappa shape index (κ3) is 4.51. The van der Waals surface area contributed by atoms with Crippen LogP contribution in [0.2, 0.25) is 0 Å². The Bertz CT molecular complexity index is 662. The van der Waals surface area contributed by atoms with Crippen molar-refractivity contribution < 1.29 is 13.2 Å². The van der Waals surface area contributed by atoms with Crippen LogP contribution in [0.4, 0.5) is 5.69 Å². The van der Waals surface area contributed by atoms with Gasteiger partial charge < -0.3 is 5.32 Å². The van der Waals surface area contributed by atoms with Gasteiger partial charge in [-0.15, -0.1) is 0 Å². The van der Waals surface area contributed by atoms with Crippen molar-refractivity contribution in [2.24, 2.45) is 5.14 Å². The normalized spacial score (nSPS) is 20.4. The second-order valence-electron chi connectivity index (χ2n) is 6.16. The molecule has 3 N–H and O–H groups in total. The Morgan fingerprint density at radius 1 is 1.13 bits per heavy atom. The van der Waals surface area contributed by atoms with Gasteiger partial charge in [-0.1, -0.05) is 0 Å². The summed E-state index contributed by atoms with van der Waals surface area (Å²) in [7, 11) is -3.70. The minimum Gasteiger partial charge on any atom is -0.325 e. The van der Waals surface area contributed by atoms with Crippen molar-refractivity contribution in [2.45, 2.75) is 23.8 Å². The molecular formula is C15H22N4O3S. The summed E-state index contributed by atoms with van der Waals surface area (Å²) in [5.41, 5.74) is 0.569. The average Bonchev–Trinajstić information content (AvgIpc) is 3.32. The molecule has 1 amide bonds. The number of benzene rings is 1. The minimum absolute atomic E-state index is 0.0340. The van der Waals surface area contributed by atoms with Crippen LogP contribution in [0, 0.1) is 0 Å². The van der Waals surface area contributed by atoms with Crippen LogP contribution in [0.25, 0.3) is 0 Å². The Morgan fingerprint density at radius 2 is 1.74 bits per heavy atom. The molecule has 1 aliphatic heterocycles. The predicted molar refractivity (Wildman–Crippen MR) is 87.5 cm³/mol. The second kappa shape index (κ2) is 6.56. The number of primary sulfonamides is 1. The van der Waals surface area contributed by atoms with Crippen molar-refractivity contribution in [3.8, 4) is 0 Å². The summed E-state index contributed by atoms with van der Waals surface area (Å²) in [6, 6.07) is 6.65. The van der Waals surface area contributed by atoms with Gasteiger partial charge in [-0.2, -0.15) is 0 Å². The molecule has 1 aliphatic carbocycles. The number of nitrogens with one attached hydrogen (secondary N) is 1. The lowest BCUT2D eigenvalue weighted by atomic mass is 10.3. The summed E-state index contributed by atoms with van der Waals surface area (Å²) in [4.78, 5) is 16.8. The van der Waals surface area contributed by atoms with Gasteiger partial charge >= 0.3 is 0 Å². The summed E-state index contributed by atoms with van der Waals surface area (Å²) >= 11 is 0. The molecule has 0 unspecified atom stereocenters. The first-order valence-electron chi connectivity index (χ1n) is 7.81. The van der Waals surface area contributed by atoms with Gasteiger partial charge in [0.25, 0.3) is 0 Å². The topological polar surface area (TPSA) is 95.7 Å². The summed E-state index contributed by atoms with van der Waals surface area (Å²) in [6.45, 7) is 4.24. The van der Waals surface area contributed by atoms with Gasteiger partial charge in [0.05, 0.1) is 11.4 Å². The van der Waals surface area contributed by atoms with Gasteiger partial charge in [0.1, 0.15) is 0 Å². The second-order valence-corrected chi connectivity index (χ2v) is 7.72. The lowest BCUT2D eigenvalue weighted by Gasteiger charge is -2.34. The lowest BCUT2D eigenvalue weighted by molar-refractivity contribution is -0.117. The lowest BCUT2D eigenvalue weighted by Crippen LogP contribution is -2.49. The van der Waals surface area contributed by atoms with Gasteiger partial charge in [0, 0.05) is 37.9 Å². The van der Waals surface area contributed by atoms with E-state index in [0.717, 1.165) is 32.2 Å². The molecule has 0 aromatic heterocycles. The third-order valence-electron chi connectivity index (χ3n) is 4.30. The quantitative estimate of drug-likeness (QED) is 0.791. The van der Waals surface area contributed by atoms with Crippen LogP contribution in [0.1, 0.15) is 12.8 Å². The monoisotopic (exact) mass is 338 g/mol. The van der Waals surface area contributed by atoms with Crippen LogP contribution in [0.15, 0.2) is 29.2 Å². The number of hydrogen-bond donors (Lipinski definition) is 2. The van der Waals surface area contributed by atoms with E-state index in [-0.39, 0.29) is 10.8 Å². The number of carbonyl (C=O) groups excluding carboxylic acids is 1. The first kappa shape index (κ1) is 16.4. The highest BCUT2D eigenvalue weighted by Crippen LogP contribution is 2.27. The van der Waals surface area contributed by atoms with Crippen LogP contribution in [0.5, 0.6) is 0 Å². The van der Waals surface area contributed by atoms with Gasteiger partial charge in [-0.3, -0.25) is 14.6 Å². The van der Waals surface area contributed by atoms with Crippen LogP contribution in [-0.4, -0.2) is 62.9 Å². The molecular weight excluding hydrogens is 316 g/mol. The molecule has 126 valence electrons. The number of nitrogens with zero attached hydrogens (tertiary/aromatic N) is 2. The standard InChI is InChI=1S/C15H22N4O3S/c16-23(21,22)14-5-1-12(2-6-14)17-15(20)11-18-7-9-19(10-8-18)13-3-4-13/h1-2,5-6,13H,3-4,7-11H2,(H,17,20)(H2,16,21,22). The number of anilines is 1. The molecule has 1 aromatic carbocycles. The number of piperazine rings is 1. The Morgan fingerprint density at radius 3 is 2.26 bits per heavy atom. The molecule has 2 aliphatic rings. The largest absolute Gasteiger partial charge is 0.325 e. The fourth-order valence-electron chi connectivity index (χ4n) is 2.86. The van der Waals surface area contributed by atoms with Gasteiger partial charge in [-0.05, 0) is 37.1 Å². The molecule has 1 aromatic rings. The molecule has 1 saturated carbocycles. The first-order chi connectivity index (χ1) is 10.9. The highest BCUT2D eigenvalue weighted by Gasteiger charge is 2.31. The highest BCUT2D eigenvalue weighted by atomic mass is 32.2. The molecule has 1 heterocycles. The fraction of sp³-hybridized carbons (Fsp3) is 0.533. The maximum Gasteiger partial charge on any atom is 0.238 e. The van der Waals surface area contributed by atoms with Crippen molar-refractivity contribution >= 4 is 21.6 Å². The molecule has 2 fully saturated rings. The van der Waals surface area contributed by atoms with Crippen LogP contribution in [-0.2, 0) is 14.8 Å². The Labute approximate surface area is 136 Å². The number of amides is 1. The zero-order valence-electron chi connectivity index (χ0n) is 12.9. The van der Waals surface area contributed by atoms with Crippen molar-refractivity contribution in [3.63, 3.8) is 0 Å². The number of hydrogen-bond acceptors (Lipinski definition) is 5. The van der Waals surface area contributed by atoms with E-state index in [1.165, 1.54) is 25.0 Å². The van der Waals surface area contributed by atoms with E-state index in [4.69, 9.17) is 5.14 Å². The van der Waals surface area contributed by atoms with E-state index in [1.807, 2.05) is 0 Å². The molecule has 0 spiro atoms. The summed E-state index contributed by atoms with van der Waals surface area (Å²) < 4.78 is 22.4. The van der Waals surface area contributed by atoms with Crippen molar-refractivity contribution in [1.29, 1.82) is 0 Å². The van der Waals surface area contributed by atoms with E-state index in [9.17, 15) is 13.2 Å². The smallest absolute Gasteiger partial charge is 0.238 e. The summed E-state index contributed by atoms with van der Waals surface area (Å²) in [5.74, 6) is -0.0896. The van der Waals surface area contributed by atoms with E-state index in [2.05, 4.69) is 15.1 Å². The molecule has 3 rings (SSSR count). The zero-order chi connectivity index (χ0) is 16.4. The minimum atomic E-state index is -3.70. The van der Waals surface area contributed by atoms with Crippen molar-refractivity contribution in [2.75, 3.05) is 38.0 Å². The van der Waals surface area contributed by atoms with E-state index >= 15 is 0 Å². The molecule has 0 bridgehead atoms. The van der Waals surface area contributed by atoms with Gasteiger partial charge in [-0.25, -0.2) is 13.6 Å². The van der Waals surface area contributed by atoms with Crippen molar-refractivity contribution in [3.05, 3.63) is 24.3 Å². The molecule has 23 heavy (non-hydrogen) atoms. The van der Waals surface area contributed by atoms with E-state index in [0.29, 0.717) is 12.2 Å². The maximum atomic E-state index is 12.1. The fourth-order valence-corrected chi connectivity index (χ4v) is 3.37. The third-order valence-corrected chi connectivity index (χ3v) is 5.23. The van der Waals surface area contributed by atoms with Crippen molar-refractivity contribution in [1.82, 2.24) is 9.80 Å². The maximum absolute atomic E-state index is 12.1. The predicted octanol–water partition coefficient (Wildman–Crippen LogP) is 0.0525.